The summed E-state index contributed by atoms with van der Waals surface area (Å²) in [5.74, 6) is 0.999. The number of anilines is 1. The number of amides is 1. The first-order valence-electron chi connectivity index (χ1n) is 8.22. The summed E-state index contributed by atoms with van der Waals surface area (Å²) in [6.45, 7) is 5.50. The van der Waals surface area contributed by atoms with Gasteiger partial charge in [-0.15, -0.1) is 24.8 Å². The van der Waals surface area contributed by atoms with Crippen molar-refractivity contribution in [3.63, 3.8) is 0 Å². The fourth-order valence-corrected chi connectivity index (χ4v) is 3.61. The predicted octanol–water partition coefficient (Wildman–Crippen LogP) is 3.22. The van der Waals surface area contributed by atoms with Crippen molar-refractivity contribution in [2.75, 3.05) is 44.2 Å². The average Bonchev–Trinajstić information content (AvgIpc) is 3.07. The number of carbonyl (C=O) groups excluding carboxylic acids is 1. The van der Waals surface area contributed by atoms with E-state index in [4.69, 9.17) is 11.6 Å². The number of hydrogen-bond acceptors (Lipinski definition) is 3. The SMILES string of the molecule is Cl.Cl.O=C(CCC1CCNC1)N1CCN(c2ccccc2Cl)CC1. The molecule has 4 nitrogen and oxygen atoms in total. The van der Waals surface area contributed by atoms with Gasteiger partial charge in [-0.2, -0.15) is 0 Å². The lowest BCUT2D eigenvalue weighted by Crippen LogP contribution is -2.48. The summed E-state index contributed by atoms with van der Waals surface area (Å²) in [7, 11) is 0. The zero-order chi connectivity index (χ0) is 15.4. The standard InChI is InChI=1S/C17H24ClN3O.2ClH/c18-15-3-1-2-4-16(15)20-9-11-21(12-10-20)17(22)6-5-14-7-8-19-13-14;;/h1-4,14,19H,5-13H2;2*1H. The molecule has 2 fully saturated rings. The normalized spacial score (nSPS) is 20.3. The fourth-order valence-electron chi connectivity index (χ4n) is 3.35. The van der Waals surface area contributed by atoms with Crippen LogP contribution in [-0.4, -0.2) is 50.1 Å². The van der Waals surface area contributed by atoms with Gasteiger partial charge in [-0.25, -0.2) is 0 Å². The maximum atomic E-state index is 12.3. The number of benzene rings is 1. The molecule has 2 heterocycles. The van der Waals surface area contributed by atoms with Crippen molar-refractivity contribution in [1.82, 2.24) is 10.2 Å². The van der Waals surface area contributed by atoms with Gasteiger partial charge in [-0.1, -0.05) is 23.7 Å². The first kappa shape index (κ1) is 21.4. The third kappa shape index (κ3) is 5.41. The number of para-hydroxylation sites is 1. The molecule has 0 saturated carbocycles. The van der Waals surface area contributed by atoms with Gasteiger partial charge in [0.05, 0.1) is 10.7 Å². The Balaban J connectivity index is 0.00000144. The first-order valence-corrected chi connectivity index (χ1v) is 8.60. The third-order valence-electron chi connectivity index (χ3n) is 4.75. The molecule has 1 unspecified atom stereocenters. The molecular formula is C17H26Cl3N3O. The molecule has 0 aliphatic carbocycles. The Morgan fingerprint density at radius 3 is 2.50 bits per heavy atom. The van der Waals surface area contributed by atoms with Gasteiger partial charge in [0.15, 0.2) is 0 Å². The number of nitrogens with zero attached hydrogens (tertiary/aromatic N) is 2. The van der Waals surface area contributed by atoms with Crippen molar-refractivity contribution in [1.29, 1.82) is 0 Å². The Hall–Kier alpha value is -0.680. The van der Waals surface area contributed by atoms with E-state index in [-0.39, 0.29) is 24.8 Å². The Kier molecular flexibility index (Phi) is 9.21. The summed E-state index contributed by atoms with van der Waals surface area (Å²) in [5.41, 5.74) is 1.08. The molecule has 7 heteroatoms. The van der Waals surface area contributed by atoms with Gasteiger partial charge >= 0.3 is 0 Å². The van der Waals surface area contributed by atoms with Crippen LogP contribution in [-0.2, 0) is 4.79 Å². The first-order chi connectivity index (χ1) is 10.7. The van der Waals surface area contributed by atoms with Gasteiger partial charge in [-0.05, 0) is 44.0 Å². The van der Waals surface area contributed by atoms with Gasteiger partial charge in [0.25, 0.3) is 0 Å². The van der Waals surface area contributed by atoms with Gasteiger partial charge < -0.3 is 15.1 Å². The van der Waals surface area contributed by atoms with Crippen LogP contribution in [0.2, 0.25) is 5.02 Å². The maximum absolute atomic E-state index is 12.3. The summed E-state index contributed by atoms with van der Waals surface area (Å²) >= 11 is 6.25. The molecule has 136 valence electrons. The summed E-state index contributed by atoms with van der Waals surface area (Å²) < 4.78 is 0. The Bertz CT molecular complexity index is 516. The molecule has 1 aromatic rings. The molecule has 1 atom stereocenters. The summed E-state index contributed by atoms with van der Waals surface area (Å²) in [6, 6.07) is 7.93. The molecule has 2 aliphatic rings. The van der Waals surface area contributed by atoms with Crippen LogP contribution >= 0.6 is 36.4 Å². The highest BCUT2D eigenvalue weighted by atomic mass is 35.5. The van der Waals surface area contributed by atoms with Crippen LogP contribution < -0.4 is 10.2 Å². The van der Waals surface area contributed by atoms with Crippen LogP contribution in [0.15, 0.2) is 24.3 Å². The summed E-state index contributed by atoms with van der Waals surface area (Å²) in [6.07, 6.45) is 2.93. The van der Waals surface area contributed by atoms with E-state index in [0.717, 1.165) is 56.4 Å². The topological polar surface area (TPSA) is 35.6 Å². The second kappa shape index (κ2) is 10.3. The van der Waals surface area contributed by atoms with E-state index in [1.54, 1.807) is 0 Å². The number of halogens is 3. The van der Waals surface area contributed by atoms with Gasteiger partial charge in [0.2, 0.25) is 5.91 Å². The molecule has 1 N–H and O–H groups in total. The molecular weight excluding hydrogens is 369 g/mol. The largest absolute Gasteiger partial charge is 0.367 e. The molecule has 0 spiro atoms. The predicted molar refractivity (Wildman–Crippen MR) is 105 cm³/mol. The summed E-state index contributed by atoms with van der Waals surface area (Å²) in [5, 5.41) is 4.15. The van der Waals surface area contributed by atoms with Crippen LogP contribution in [0.1, 0.15) is 19.3 Å². The number of piperazine rings is 1. The van der Waals surface area contributed by atoms with Crippen LogP contribution in [0.4, 0.5) is 5.69 Å². The highest BCUT2D eigenvalue weighted by molar-refractivity contribution is 6.33. The number of carbonyl (C=O) groups is 1. The summed E-state index contributed by atoms with van der Waals surface area (Å²) in [4.78, 5) is 16.6. The zero-order valence-electron chi connectivity index (χ0n) is 13.7. The van der Waals surface area contributed by atoms with Crippen molar-refractivity contribution in [3.8, 4) is 0 Å². The third-order valence-corrected chi connectivity index (χ3v) is 5.07. The van der Waals surface area contributed by atoms with Crippen LogP contribution in [0.5, 0.6) is 0 Å². The van der Waals surface area contributed by atoms with Crippen molar-refractivity contribution >= 4 is 48.0 Å². The number of rotatable bonds is 4. The van der Waals surface area contributed by atoms with Gasteiger partial charge in [-0.3, -0.25) is 4.79 Å². The van der Waals surface area contributed by atoms with Crippen molar-refractivity contribution in [2.24, 2.45) is 5.92 Å². The van der Waals surface area contributed by atoms with Gasteiger partial charge in [0.1, 0.15) is 0 Å². The van der Waals surface area contributed by atoms with E-state index in [2.05, 4.69) is 10.2 Å². The molecule has 24 heavy (non-hydrogen) atoms. The quantitative estimate of drug-likeness (QED) is 0.851. The average molecular weight is 395 g/mol. The Morgan fingerprint density at radius 2 is 1.88 bits per heavy atom. The Morgan fingerprint density at radius 1 is 1.17 bits per heavy atom. The van der Waals surface area contributed by atoms with E-state index < -0.39 is 0 Å². The molecule has 1 aromatic carbocycles. The second-order valence-electron chi connectivity index (χ2n) is 6.22. The maximum Gasteiger partial charge on any atom is 0.222 e. The molecule has 1 amide bonds. The molecule has 2 saturated heterocycles. The van der Waals surface area contributed by atoms with Gasteiger partial charge in [0, 0.05) is 32.6 Å². The van der Waals surface area contributed by atoms with E-state index in [9.17, 15) is 4.79 Å². The number of hydrogen-bond donors (Lipinski definition) is 1. The monoisotopic (exact) mass is 393 g/mol. The molecule has 0 radical (unpaired) electrons. The second-order valence-corrected chi connectivity index (χ2v) is 6.62. The fraction of sp³-hybridized carbons (Fsp3) is 0.588. The van der Waals surface area contributed by atoms with Crippen molar-refractivity contribution in [2.45, 2.75) is 19.3 Å². The van der Waals surface area contributed by atoms with E-state index in [1.807, 2.05) is 29.2 Å². The van der Waals surface area contributed by atoms with Crippen LogP contribution in [0.3, 0.4) is 0 Å². The Labute approximate surface area is 161 Å². The highest BCUT2D eigenvalue weighted by Crippen LogP contribution is 2.26. The van der Waals surface area contributed by atoms with Crippen molar-refractivity contribution in [3.05, 3.63) is 29.3 Å². The highest BCUT2D eigenvalue weighted by Gasteiger charge is 2.23. The van der Waals surface area contributed by atoms with Crippen LogP contribution in [0, 0.1) is 5.92 Å². The molecule has 0 bridgehead atoms. The smallest absolute Gasteiger partial charge is 0.222 e. The lowest BCUT2D eigenvalue weighted by molar-refractivity contribution is -0.131. The van der Waals surface area contributed by atoms with E-state index in [1.165, 1.54) is 6.42 Å². The zero-order valence-corrected chi connectivity index (χ0v) is 16.1. The molecule has 2 aliphatic heterocycles. The van der Waals surface area contributed by atoms with E-state index in [0.29, 0.717) is 18.2 Å². The molecule has 0 aromatic heterocycles. The lowest BCUT2D eigenvalue weighted by Gasteiger charge is -2.36. The minimum atomic E-state index is 0. The van der Waals surface area contributed by atoms with Crippen LogP contribution in [0.25, 0.3) is 0 Å². The molecule has 3 rings (SSSR count). The van der Waals surface area contributed by atoms with Crippen molar-refractivity contribution < 1.29 is 4.79 Å². The number of nitrogens with one attached hydrogen (secondary N) is 1. The van der Waals surface area contributed by atoms with E-state index >= 15 is 0 Å². The lowest BCUT2D eigenvalue weighted by atomic mass is 10.0. The minimum absolute atomic E-state index is 0. The minimum Gasteiger partial charge on any atom is -0.367 e.